The highest BCUT2D eigenvalue weighted by atomic mass is 32.1. The molecule has 3 N–H and O–H groups in total. The number of fused-ring (bicyclic) bond motifs is 1. The molecule has 0 fully saturated rings. The first kappa shape index (κ1) is 19.7. The van der Waals surface area contributed by atoms with Crippen LogP contribution in [0.1, 0.15) is 31.2 Å². The van der Waals surface area contributed by atoms with Crippen molar-refractivity contribution in [2.45, 2.75) is 13.5 Å². The second-order valence-electron chi connectivity index (χ2n) is 6.60. The SMILES string of the molecule is Cc1c(C(=O)NCc2ccc(F)cc2)sc2c(NC(=O)c3ccc(F)cc3)n[nH]c12. The Morgan fingerprint density at radius 1 is 1.00 bits per heavy atom. The van der Waals surface area contributed by atoms with Gasteiger partial charge in [0.15, 0.2) is 5.82 Å². The summed E-state index contributed by atoms with van der Waals surface area (Å²) in [7, 11) is 0. The molecule has 152 valence electrons. The highest BCUT2D eigenvalue weighted by molar-refractivity contribution is 7.21. The number of amides is 2. The maximum absolute atomic E-state index is 13.0. The van der Waals surface area contributed by atoms with E-state index in [1.165, 1.54) is 47.7 Å². The van der Waals surface area contributed by atoms with Crippen molar-refractivity contribution < 1.29 is 18.4 Å². The third-order valence-corrected chi connectivity index (χ3v) is 5.85. The number of H-pyrrole nitrogens is 1. The Balaban J connectivity index is 1.51. The molecule has 30 heavy (non-hydrogen) atoms. The van der Waals surface area contributed by atoms with Gasteiger partial charge in [-0.3, -0.25) is 14.7 Å². The highest BCUT2D eigenvalue weighted by Gasteiger charge is 2.21. The van der Waals surface area contributed by atoms with Crippen molar-refractivity contribution in [1.29, 1.82) is 0 Å². The first-order valence-electron chi connectivity index (χ1n) is 8.99. The Kier molecular flexibility index (Phi) is 5.28. The Morgan fingerprint density at radius 3 is 2.30 bits per heavy atom. The van der Waals surface area contributed by atoms with Gasteiger partial charge >= 0.3 is 0 Å². The van der Waals surface area contributed by atoms with E-state index in [1.807, 2.05) is 0 Å². The summed E-state index contributed by atoms with van der Waals surface area (Å²) in [6, 6.07) is 11.0. The fraction of sp³-hybridized carbons (Fsp3) is 0.0952. The minimum Gasteiger partial charge on any atom is -0.347 e. The molecule has 2 aromatic carbocycles. The molecular formula is C21H16F2N4O2S. The number of benzene rings is 2. The van der Waals surface area contributed by atoms with E-state index in [2.05, 4.69) is 20.8 Å². The molecule has 9 heteroatoms. The van der Waals surface area contributed by atoms with E-state index < -0.39 is 11.7 Å². The molecule has 0 aliphatic heterocycles. The van der Waals surface area contributed by atoms with Gasteiger partial charge in [0.05, 0.1) is 15.1 Å². The zero-order chi connectivity index (χ0) is 21.3. The van der Waals surface area contributed by atoms with Crippen molar-refractivity contribution in [3.63, 3.8) is 0 Å². The van der Waals surface area contributed by atoms with Crippen LogP contribution in [-0.2, 0) is 6.54 Å². The Bertz CT molecular complexity index is 1230. The summed E-state index contributed by atoms with van der Waals surface area (Å²) >= 11 is 1.20. The van der Waals surface area contributed by atoms with Gasteiger partial charge in [-0.1, -0.05) is 12.1 Å². The van der Waals surface area contributed by atoms with E-state index in [1.54, 1.807) is 19.1 Å². The number of hydrogen-bond acceptors (Lipinski definition) is 4. The fourth-order valence-electron chi connectivity index (χ4n) is 2.92. The Morgan fingerprint density at radius 2 is 1.63 bits per heavy atom. The number of nitrogens with one attached hydrogen (secondary N) is 3. The number of anilines is 1. The number of carbonyl (C=O) groups is 2. The molecule has 4 rings (SSSR count). The number of nitrogens with zero attached hydrogens (tertiary/aromatic N) is 1. The number of aromatic nitrogens is 2. The molecule has 0 bridgehead atoms. The van der Waals surface area contributed by atoms with E-state index >= 15 is 0 Å². The number of aromatic amines is 1. The summed E-state index contributed by atoms with van der Waals surface area (Å²) in [5.74, 6) is -1.18. The molecule has 2 amide bonds. The van der Waals surface area contributed by atoms with Gasteiger partial charge in [0, 0.05) is 12.1 Å². The molecule has 2 heterocycles. The lowest BCUT2D eigenvalue weighted by Gasteiger charge is -2.05. The van der Waals surface area contributed by atoms with Crippen LogP contribution in [0.4, 0.5) is 14.6 Å². The molecule has 0 spiro atoms. The van der Waals surface area contributed by atoms with Gasteiger partial charge in [-0.05, 0) is 54.4 Å². The monoisotopic (exact) mass is 426 g/mol. The number of rotatable bonds is 5. The fourth-order valence-corrected chi connectivity index (χ4v) is 4.04. The second kappa shape index (κ2) is 8.03. The zero-order valence-electron chi connectivity index (χ0n) is 15.8. The van der Waals surface area contributed by atoms with Crippen LogP contribution in [0.15, 0.2) is 48.5 Å². The predicted octanol–water partition coefficient (Wildman–Crippen LogP) is 4.39. The first-order valence-corrected chi connectivity index (χ1v) is 9.81. The topological polar surface area (TPSA) is 86.9 Å². The van der Waals surface area contributed by atoms with Crippen LogP contribution in [0.25, 0.3) is 10.2 Å². The van der Waals surface area contributed by atoms with Crippen molar-refractivity contribution in [3.8, 4) is 0 Å². The van der Waals surface area contributed by atoms with E-state index in [0.29, 0.717) is 26.5 Å². The molecule has 0 aliphatic carbocycles. The van der Waals surface area contributed by atoms with E-state index in [4.69, 9.17) is 0 Å². The lowest BCUT2D eigenvalue weighted by molar-refractivity contribution is 0.0953. The molecule has 6 nitrogen and oxygen atoms in total. The molecule has 0 radical (unpaired) electrons. The number of halogens is 2. The molecule has 0 saturated carbocycles. The molecule has 0 unspecified atom stereocenters. The van der Waals surface area contributed by atoms with Crippen LogP contribution < -0.4 is 10.6 Å². The predicted molar refractivity (Wildman–Crippen MR) is 111 cm³/mol. The summed E-state index contributed by atoms with van der Waals surface area (Å²) in [6.07, 6.45) is 0. The van der Waals surface area contributed by atoms with Crippen LogP contribution in [0.5, 0.6) is 0 Å². The molecule has 0 atom stereocenters. The van der Waals surface area contributed by atoms with Crippen molar-refractivity contribution >= 4 is 39.2 Å². The maximum Gasteiger partial charge on any atom is 0.261 e. The standard InChI is InChI=1S/C21H16F2N4O2S/c1-11-16-18(19(27-26-16)25-20(28)13-4-8-15(23)9-5-13)30-17(11)21(29)24-10-12-2-6-14(22)7-3-12/h2-9H,10H2,1H3,(H,24,29)(H2,25,26,27,28). The number of thiophene rings is 1. The van der Waals surface area contributed by atoms with Gasteiger partial charge in [0.25, 0.3) is 11.8 Å². The minimum atomic E-state index is -0.434. The summed E-state index contributed by atoms with van der Waals surface area (Å²) in [5, 5.41) is 12.4. The van der Waals surface area contributed by atoms with Crippen LogP contribution in [0.2, 0.25) is 0 Å². The van der Waals surface area contributed by atoms with Crippen LogP contribution >= 0.6 is 11.3 Å². The smallest absolute Gasteiger partial charge is 0.261 e. The Labute approximate surface area is 173 Å². The lowest BCUT2D eigenvalue weighted by Crippen LogP contribution is -2.22. The Hall–Kier alpha value is -3.59. The molecule has 0 aliphatic rings. The minimum absolute atomic E-state index is 0.261. The quantitative estimate of drug-likeness (QED) is 0.442. The number of aryl methyl sites for hydroxylation is 1. The van der Waals surface area contributed by atoms with Gasteiger partial charge in [-0.15, -0.1) is 11.3 Å². The van der Waals surface area contributed by atoms with E-state index in [9.17, 15) is 18.4 Å². The largest absolute Gasteiger partial charge is 0.347 e. The maximum atomic E-state index is 13.0. The molecule has 0 saturated heterocycles. The third-order valence-electron chi connectivity index (χ3n) is 4.55. The number of hydrogen-bond donors (Lipinski definition) is 3. The van der Waals surface area contributed by atoms with Gasteiger partial charge in [0.2, 0.25) is 0 Å². The van der Waals surface area contributed by atoms with Crippen molar-refractivity contribution in [2.24, 2.45) is 0 Å². The second-order valence-corrected chi connectivity index (χ2v) is 7.62. The summed E-state index contributed by atoms with van der Waals surface area (Å²) in [6.45, 7) is 2.05. The summed E-state index contributed by atoms with van der Waals surface area (Å²) < 4.78 is 26.7. The van der Waals surface area contributed by atoms with Crippen LogP contribution in [0.3, 0.4) is 0 Å². The third kappa shape index (κ3) is 3.92. The average molecular weight is 426 g/mol. The molecular weight excluding hydrogens is 410 g/mol. The summed E-state index contributed by atoms with van der Waals surface area (Å²) in [5.41, 5.74) is 2.43. The zero-order valence-corrected chi connectivity index (χ0v) is 16.6. The van der Waals surface area contributed by atoms with Crippen molar-refractivity contribution in [2.75, 3.05) is 5.32 Å². The normalized spacial score (nSPS) is 10.9. The van der Waals surface area contributed by atoms with Crippen LogP contribution in [-0.4, -0.2) is 22.0 Å². The van der Waals surface area contributed by atoms with Crippen molar-refractivity contribution in [3.05, 3.63) is 81.7 Å². The lowest BCUT2D eigenvalue weighted by atomic mass is 10.2. The van der Waals surface area contributed by atoms with Gasteiger partial charge < -0.3 is 10.6 Å². The number of carbonyl (C=O) groups excluding carboxylic acids is 2. The van der Waals surface area contributed by atoms with Crippen molar-refractivity contribution in [1.82, 2.24) is 15.5 Å². The first-order chi connectivity index (χ1) is 14.4. The van der Waals surface area contributed by atoms with Gasteiger partial charge in [-0.2, -0.15) is 5.10 Å². The van der Waals surface area contributed by atoms with E-state index in [0.717, 1.165) is 5.56 Å². The molecule has 2 aromatic heterocycles. The summed E-state index contributed by atoms with van der Waals surface area (Å²) in [4.78, 5) is 25.5. The van der Waals surface area contributed by atoms with Gasteiger partial charge in [0.1, 0.15) is 11.6 Å². The highest BCUT2D eigenvalue weighted by Crippen LogP contribution is 2.34. The van der Waals surface area contributed by atoms with Crippen LogP contribution in [0, 0.1) is 18.6 Å². The average Bonchev–Trinajstić information content (AvgIpc) is 3.28. The van der Waals surface area contributed by atoms with Gasteiger partial charge in [-0.25, -0.2) is 8.78 Å². The molecule has 4 aromatic rings. The van der Waals surface area contributed by atoms with E-state index in [-0.39, 0.29) is 23.8 Å².